The molecule has 0 amide bonds. The Labute approximate surface area is 109 Å². The Kier molecular flexibility index (Phi) is 3.43. The Balaban J connectivity index is 2.34. The molecule has 0 spiro atoms. The highest BCUT2D eigenvalue weighted by molar-refractivity contribution is 7.92. The highest BCUT2D eigenvalue weighted by atomic mass is 32.2. The van der Waals surface area contributed by atoms with Crippen LogP contribution in [0.25, 0.3) is 0 Å². The molecule has 0 saturated heterocycles. The van der Waals surface area contributed by atoms with Gasteiger partial charge in [0.15, 0.2) is 5.82 Å². The van der Waals surface area contributed by atoms with E-state index in [9.17, 15) is 12.8 Å². The van der Waals surface area contributed by atoms with Gasteiger partial charge in [0.1, 0.15) is 10.7 Å². The molecule has 0 aliphatic heterocycles. The molecule has 0 aliphatic rings. The van der Waals surface area contributed by atoms with Gasteiger partial charge >= 0.3 is 0 Å². The fraction of sp³-hybridized carbons (Fsp3) is 0.182. The number of aromatic amines is 1. The number of hydrogen-bond acceptors (Lipinski definition) is 4. The zero-order chi connectivity index (χ0) is 14.0. The van der Waals surface area contributed by atoms with E-state index in [1.807, 2.05) is 6.92 Å². The zero-order valence-corrected chi connectivity index (χ0v) is 11.0. The van der Waals surface area contributed by atoms with Crippen LogP contribution in [0.5, 0.6) is 0 Å². The Morgan fingerprint density at radius 3 is 2.79 bits per heavy atom. The van der Waals surface area contributed by atoms with Crippen LogP contribution >= 0.6 is 0 Å². The second-order valence-corrected chi connectivity index (χ2v) is 5.57. The van der Waals surface area contributed by atoms with E-state index in [1.165, 1.54) is 6.07 Å². The molecule has 1 aromatic heterocycles. The molecule has 8 heteroatoms. The van der Waals surface area contributed by atoms with Crippen molar-refractivity contribution in [2.75, 3.05) is 10.5 Å². The molecule has 1 aromatic carbocycles. The summed E-state index contributed by atoms with van der Waals surface area (Å²) in [6.45, 7) is 1.90. The van der Waals surface area contributed by atoms with Crippen LogP contribution in [0.2, 0.25) is 0 Å². The quantitative estimate of drug-likeness (QED) is 0.740. The number of rotatable bonds is 4. The Morgan fingerprint density at radius 2 is 2.16 bits per heavy atom. The lowest BCUT2D eigenvalue weighted by atomic mass is 10.3. The molecular formula is C11H13FN4O2S. The third-order valence-electron chi connectivity index (χ3n) is 2.52. The van der Waals surface area contributed by atoms with E-state index >= 15 is 0 Å². The van der Waals surface area contributed by atoms with Gasteiger partial charge < -0.3 is 5.73 Å². The van der Waals surface area contributed by atoms with E-state index in [-0.39, 0.29) is 16.4 Å². The summed E-state index contributed by atoms with van der Waals surface area (Å²) < 4.78 is 39.5. The number of H-pyrrole nitrogens is 1. The lowest BCUT2D eigenvalue weighted by molar-refractivity contribution is 0.595. The molecule has 0 saturated carbocycles. The summed E-state index contributed by atoms with van der Waals surface area (Å²) in [5.74, 6) is -0.536. The fourth-order valence-electron chi connectivity index (χ4n) is 1.53. The number of aromatic nitrogens is 2. The van der Waals surface area contributed by atoms with Crippen molar-refractivity contribution >= 4 is 21.5 Å². The number of nitrogen functional groups attached to an aromatic ring is 1. The maximum Gasteiger partial charge on any atom is 0.265 e. The first kappa shape index (κ1) is 13.3. The predicted octanol–water partition coefficient (Wildman–Crippen LogP) is 1.49. The summed E-state index contributed by atoms with van der Waals surface area (Å²) in [5.41, 5.74) is 6.30. The molecule has 0 bridgehead atoms. The number of nitrogens with two attached hydrogens (primary N) is 1. The van der Waals surface area contributed by atoms with Crippen LogP contribution in [0, 0.1) is 5.82 Å². The van der Waals surface area contributed by atoms with Gasteiger partial charge in [-0.05, 0) is 24.6 Å². The molecule has 0 fully saturated rings. The summed E-state index contributed by atoms with van der Waals surface area (Å²) in [6.07, 6.45) is 0.691. The van der Waals surface area contributed by atoms with Gasteiger partial charge in [0.05, 0.1) is 5.69 Å². The molecular weight excluding hydrogens is 271 g/mol. The first-order chi connectivity index (χ1) is 8.92. The van der Waals surface area contributed by atoms with E-state index in [1.54, 1.807) is 6.07 Å². The Bertz CT molecular complexity index is 696. The highest BCUT2D eigenvalue weighted by Gasteiger charge is 2.19. The molecule has 0 atom stereocenters. The first-order valence-electron chi connectivity index (χ1n) is 5.54. The molecule has 6 nitrogen and oxygen atoms in total. The minimum atomic E-state index is -3.96. The molecule has 0 unspecified atom stereocenters. The number of halogens is 1. The summed E-state index contributed by atoms with van der Waals surface area (Å²) in [6, 6.07) is 4.72. The molecule has 4 N–H and O–H groups in total. The maximum atomic E-state index is 13.1. The topological polar surface area (TPSA) is 101 Å². The van der Waals surface area contributed by atoms with Crippen molar-refractivity contribution < 1.29 is 12.8 Å². The van der Waals surface area contributed by atoms with Crippen LogP contribution in [0.3, 0.4) is 0 Å². The van der Waals surface area contributed by atoms with Crippen LogP contribution in [-0.4, -0.2) is 18.6 Å². The van der Waals surface area contributed by atoms with Gasteiger partial charge in [-0.3, -0.25) is 9.82 Å². The van der Waals surface area contributed by atoms with Gasteiger partial charge in [0, 0.05) is 11.8 Å². The van der Waals surface area contributed by atoms with Crippen LogP contribution < -0.4 is 10.5 Å². The van der Waals surface area contributed by atoms with Gasteiger partial charge in [-0.15, -0.1) is 0 Å². The number of hydrogen-bond donors (Lipinski definition) is 3. The molecule has 2 rings (SSSR count). The molecule has 0 aliphatic carbocycles. The molecule has 2 aromatic rings. The Hall–Kier alpha value is -2.09. The van der Waals surface area contributed by atoms with E-state index in [2.05, 4.69) is 14.9 Å². The summed E-state index contributed by atoms with van der Waals surface area (Å²) in [7, 11) is -3.96. The minimum Gasteiger partial charge on any atom is -0.398 e. The van der Waals surface area contributed by atoms with Crippen molar-refractivity contribution in [1.82, 2.24) is 10.2 Å². The average molecular weight is 284 g/mol. The SMILES string of the molecule is CCc1cc(NS(=O)(=O)c2cc(F)ccc2N)n[nH]1. The van der Waals surface area contributed by atoms with Gasteiger partial charge in [-0.25, -0.2) is 12.8 Å². The summed E-state index contributed by atoms with van der Waals surface area (Å²) >= 11 is 0. The van der Waals surface area contributed by atoms with Gasteiger partial charge in [0.25, 0.3) is 10.0 Å². The van der Waals surface area contributed by atoms with Gasteiger partial charge in [-0.1, -0.05) is 6.92 Å². The predicted molar refractivity (Wildman–Crippen MR) is 69.6 cm³/mol. The zero-order valence-electron chi connectivity index (χ0n) is 10.1. The summed E-state index contributed by atoms with van der Waals surface area (Å²) in [5, 5.41) is 6.47. The first-order valence-corrected chi connectivity index (χ1v) is 7.03. The third-order valence-corrected chi connectivity index (χ3v) is 3.93. The van der Waals surface area contributed by atoms with Gasteiger partial charge in [0.2, 0.25) is 0 Å². The van der Waals surface area contributed by atoms with Crippen molar-refractivity contribution in [1.29, 1.82) is 0 Å². The number of nitrogens with zero attached hydrogens (tertiary/aromatic N) is 1. The monoisotopic (exact) mass is 284 g/mol. The maximum absolute atomic E-state index is 13.1. The number of benzene rings is 1. The largest absolute Gasteiger partial charge is 0.398 e. The van der Waals surface area contributed by atoms with E-state index in [0.29, 0.717) is 6.42 Å². The van der Waals surface area contributed by atoms with Crippen LogP contribution in [0.1, 0.15) is 12.6 Å². The van der Waals surface area contributed by atoms with Crippen molar-refractivity contribution in [2.45, 2.75) is 18.2 Å². The highest BCUT2D eigenvalue weighted by Crippen LogP contribution is 2.21. The minimum absolute atomic E-state index is 0.0276. The van der Waals surface area contributed by atoms with E-state index in [4.69, 9.17) is 5.73 Å². The Morgan fingerprint density at radius 1 is 1.42 bits per heavy atom. The molecule has 19 heavy (non-hydrogen) atoms. The number of aryl methyl sites for hydroxylation is 1. The third kappa shape index (κ3) is 2.84. The number of sulfonamides is 1. The van der Waals surface area contributed by atoms with Crippen LogP contribution in [0.4, 0.5) is 15.9 Å². The van der Waals surface area contributed by atoms with Crippen LogP contribution in [0.15, 0.2) is 29.2 Å². The fourth-order valence-corrected chi connectivity index (χ4v) is 2.66. The number of nitrogens with one attached hydrogen (secondary N) is 2. The van der Waals surface area contributed by atoms with Gasteiger partial charge in [-0.2, -0.15) is 5.10 Å². The van der Waals surface area contributed by atoms with E-state index in [0.717, 1.165) is 17.8 Å². The average Bonchev–Trinajstić information content (AvgIpc) is 2.79. The summed E-state index contributed by atoms with van der Waals surface area (Å²) in [4.78, 5) is -0.312. The molecule has 0 radical (unpaired) electrons. The smallest absolute Gasteiger partial charge is 0.265 e. The normalized spacial score (nSPS) is 11.5. The standard InChI is InChI=1S/C11H13FN4O2S/c1-2-8-6-11(15-14-8)16-19(17,18)10-5-7(12)3-4-9(10)13/h3-6H,2,13H2,1H3,(H2,14,15,16). The lowest BCUT2D eigenvalue weighted by Crippen LogP contribution is -2.15. The molecule has 102 valence electrons. The van der Waals surface area contributed by atoms with Crippen LogP contribution in [-0.2, 0) is 16.4 Å². The van der Waals surface area contributed by atoms with Crippen molar-refractivity contribution in [2.24, 2.45) is 0 Å². The molecule has 1 heterocycles. The van der Waals surface area contributed by atoms with Crippen molar-refractivity contribution in [3.8, 4) is 0 Å². The van der Waals surface area contributed by atoms with Crippen molar-refractivity contribution in [3.05, 3.63) is 35.8 Å². The second-order valence-electron chi connectivity index (χ2n) is 3.92. The van der Waals surface area contributed by atoms with E-state index < -0.39 is 15.8 Å². The number of anilines is 2. The lowest BCUT2D eigenvalue weighted by Gasteiger charge is -2.07. The van der Waals surface area contributed by atoms with Crippen molar-refractivity contribution in [3.63, 3.8) is 0 Å². The second kappa shape index (κ2) is 4.88.